The van der Waals surface area contributed by atoms with Crippen molar-refractivity contribution in [2.24, 2.45) is 0 Å². The Morgan fingerprint density at radius 1 is 1.43 bits per heavy atom. The van der Waals surface area contributed by atoms with Gasteiger partial charge in [0.1, 0.15) is 11.6 Å². The van der Waals surface area contributed by atoms with E-state index in [1.54, 1.807) is 6.07 Å². The summed E-state index contributed by atoms with van der Waals surface area (Å²) < 4.78 is 18.9. The summed E-state index contributed by atoms with van der Waals surface area (Å²) >= 11 is 0. The first-order valence-electron chi connectivity index (χ1n) is 4.96. The van der Waals surface area contributed by atoms with Crippen LogP contribution in [0.15, 0.2) is 12.1 Å². The summed E-state index contributed by atoms with van der Waals surface area (Å²) in [6.07, 6.45) is 0.850. The van der Waals surface area contributed by atoms with Gasteiger partial charge in [-0.2, -0.15) is 0 Å². The van der Waals surface area contributed by atoms with Gasteiger partial charge in [-0.25, -0.2) is 4.39 Å². The molecule has 0 amide bonds. The summed E-state index contributed by atoms with van der Waals surface area (Å²) in [4.78, 5) is 0. The predicted octanol–water partition coefficient (Wildman–Crippen LogP) is 1.87. The van der Waals surface area contributed by atoms with Crippen molar-refractivity contribution in [2.45, 2.75) is 19.9 Å². The highest BCUT2D eigenvalue weighted by molar-refractivity contribution is 5.42. The lowest BCUT2D eigenvalue weighted by atomic mass is 9.99. The van der Waals surface area contributed by atoms with Crippen LogP contribution in [0.4, 0.5) is 4.39 Å². The van der Waals surface area contributed by atoms with Gasteiger partial charge in [0.25, 0.3) is 0 Å². The third kappa shape index (κ3) is 1.60. The molecule has 1 aromatic rings. The van der Waals surface area contributed by atoms with E-state index in [0.717, 1.165) is 29.8 Å². The second-order valence-corrected chi connectivity index (χ2v) is 3.36. The summed E-state index contributed by atoms with van der Waals surface area (Å²) in [6.45, 7) is 4.08. The number of hydrogen-bond acceptors (Lipinski definition) is 2. The molecule has 1 aliphatic heterocycles. The van der Waals surface area contributed by atoms with E-state index < -0.39 is 0 Å². The molecule has 3 heteroatoms. The lowest BCUT2D eigenvalue weighted by Crippen LogP contribution is -2.25. The van der Waals surface area contributed by atoms with Gasteiger partial charge in [0.05, 0.1) is 6.61 Å². The van der Waals surface area contributed by atoms with Crippen molar-refractivity contribution >= 4 is 0 Å². The van der Waals surface area contributed by atoms with Gasteiger partial charge < -0.3 is 10.1 Å². The SMILES string of the molecule is CCOc1ccc(F)c2c1CCNC2. The van der Waals surface area contributed by atoms with E-state index in [0.29, 0.717) is 13.2 Å². The van der Waals surface area contributed by atoms with E-state index in [4.69, 9.17) is 4.74 Å². The van der Waals surface area contributed by atoms with E-state index >= 15 is 0 Å². The molecule has 0 aliphatic carbocycles. The molecule has 0 aromatic heterocycles. The summed E-state index contributed by atoms with van der Waals surface area (Å²) in [5, 5.41) is 3.16. The first-order chi connectivity index (χ1) is 6.83. The smallest absolute Gasteiger partial charge is 0.128 e. The van der Waals surface area contributed by atoms with Gasteiger partial charge in [-0.3, -0.25) is 0 Å². The second kappa shape index (κ2) is 3.96. The highest BCUT2D eigenvalue weighted by Crippen LogP contribution is 2.27. The average molecular weight is 195 g/mol. The molecule has 1 aliphatic rings. The minimum atomic E-state index is -0.129. The zero-order valence-electron chi connectivity index (χ0n) is 8.27. The van der Waals surface area contributed by atoms with Crippen molar-refractivity contribution in [3.05, 3.63) is 29.1 Å². The minimum Gasteiger partial charge on any atom is -0.494 e. The number of halogens is 1. The molecule has 0 spiro atoms. The second-order valence-electron chi connectivity index (χ2n) is 3.36. The van der Waals surface area contributed by atoms with Crippen LogP contribution in [0.5, 0.6) is 5.75 Å². The van der Waals surface area contributed by atoms with E-state index in [-0.39, 0.29) is 5.82 Å². The topological polar surface area (TPSA) is 21.3 Å². The van der Waals surface area contributed by atoms with Crippen molar-refractivity contribution in [3.8, 4) is 5.75 Å². The Kier molecular flexibility index (Phi) is 2.68. The predicted molar refractivity (Wildman–Crippen MR) is 53.0 cm³/mol. The molecule has 14 heavy (non-hydrogen) atoms. The first kappa shape index (κ1) is 9.46. The van der Waals surface area contributed by atoms with Gasteiger partial charge in [-0.1, -0.05) is 0 Å². The van der Waals surface area contributed by atoms with Gasteiger partial charge in [0.2, 0.25) is 0 Å². The van der Waals surface area contributed by atoms with Crippen molar-refractivity contribution in [1.82, 2.24) is 5.32 Å². The molecule has 2 rings (SSSR count). The maximum atomic E-state index is 13.4. The third-order valence-electron chi connectivity index (χ3n) is 2.48. The molecule has 76 valence electrons. The molecule has 1 N–H and O–H groups in total. The van der Waals surface area contributed by atoms with Gasteiger partial charge in [0, 0.05) is 17.7 Å². The van der Waals surface area contributed by atoms with Crippen LogP contribution in [0.3, 0.4) is 0 Å². The molecule has 0 saturated heterocycles. The molecule has 1 aromatic carbocycles. The van der Waals surface area contributed by atoms with Crippen LogP contribution >= 0.6 is 0 Å². The van der Waals surface area contributed by atoms with Crippen molar-refractivity contribution < 1.29 is 9.13 Å². The van der Waals surface area contributed by atoms with E-state index in [2.05, 4.69) is 5.32 Å². The fourth-order valence-electron chi connectivity index (χ4n) is 1.83. The Bertz CT molecular complexity index is 338. The highest BCUT2D eigenvalue weighted by Gasteiger charge is 2.17. The Balaban J connectivity index is 2.42. The summed E-state index contributed by atoms with van der Waals surface area (Å²) in [6, 6.07) is 3.21. The molecular weight excluding hydrogens is 181 g/mol. The van der Waals surface area contributed by atoms with Crippen LogP contribution in [0, 0.1) is 5.82 Å². The normalized spacial score (nSPS) is 15.0. The summed E-state index contributed by atoms with van der Waals surface area (Å²) in [5.74, 6) is 0.709. The number of hydrogen-bond donors (Lipinski definition) is 1. The monoisotopic (exact) mass is 195 g/mol. The van der Waals surface area contributed by atoms with Crippen LogP contribution in [0.25, 0.3) is 0 Å². The highest BCUT2D eigenvalue weighted by atomic mass is 19.1. The standard InChI is InChI=1S/C11H14FNO/c1-2-14-11-4-3-10(12)9-7-13-6-5-8(9)11/h3-4,13H,2,5-7H2,1H3. The quantitative estimate of drug-likeness (QED) is 0.777. The number of ether oxygens (including phenoxy) is 1. The molecule has 0 saturated carbocycles. The maximum absolute atomic E-state index is 13.4. The van der Waals surface area contributed by atoms with Crippen LogP contribution in [0.2, 0.25) is 0 Å². The van der Waals surface area contributed by atoms with Crippen LogP contribution in [0.1, 0.15) is 18.1 Å². The maximum Gasteiger partial charge on any atom is 0.128 e. The molecule has 0 radical (unpaired) electrons. The summed E-state index contributed by atoms with van der Waals surface area (Å²) in [7, 11) is 0. The lowest BCUT2D eigenvalue weighted by molar-refractivity contribution is 0.333. The number of nitrogens with one attached hydrogen (secondary N) is 1. The van der Waals surface area contributed by atoms with Gasteiger partial charge >= 0.3 is 0 Å². The fourth-order valence-corrected chi connectivity index (χ4v) is 1.83. The van der Waals surface area contributed by atoms with Gasteiger partial charge in [-0.15, -0.1) is 0 Å². The number of benzene rings is 1. The van der Waals surface area contributed by atoms with Crippen LogP contribution in [-0.2, 0) is 13.0 Å². The fraction of sp³-hybridized carbons (Fsp3) is 0.455. The minimum absolute atomic E-state index is 0.129. The first-order valence-corrected chi connectivity index (χ1v) is 4.96. The molecule has 0 bridgehead atoms. The Hall–Kier alpha value is -1.09. The molecule has 0 atom stereocenters. The third-order valence-corrected chi connectivity index (χ3v) is 2.48. The Labute approximate surface area is 83.1 Å². The van der Waals surface area contributed by atoms with E-state index in [9.17, 15) is 4.39 Å². The molecule has 1 heterocycles. The van der Waals surface area contributed by atoms with Crippen molar-refractivity contribution in [1.29, 1.82) is 0 Å². The molecule has 0 unspecified atom stereocenters. The van der Waals surface area contributed by atoms with Gasteiger partial charge in [0.15, 0.2) is 0 Å². The van der Waals surface area contributed by atoms with Gasteiger partial charge in [-0.05, 0) is 32.0 Å². The van der Waals surface area contributed by atoms with Crippen LogP contribution < -0.4 is 10.1 Å². The number of fused-ring (bicyclic) bond motifs is 1. The van der Waals surface area contributed by atoms with E-state index in [1.807, 2.05) is 6.92 Å². The van der Waals surface area contributed by atoms with Crippen molar-refractivity contribution in [2.75, 3.05) is 13.2 Å². The largest absolute Gasteiger partial charge is 0.494 e. The molecular formula is C11H14FNO. The molecule has 2 nitrogen and oxygen atoms in total. The lowest BCUT2D eigenvalue weighted by Gasteiger charge is -2.20. The average Bonchev–Trinajstić information content (AvgIpc) is 2.23. The van der Waals surface area contributed by atoms with E-state index in [1.165, 1.54) is 6.07 Å². The van der Waals surface area contributed by atoms with Crippen LogP contribution in [-0.4, -0.2) is 13.2 Å². The Morgan fingerprint density at radius 3 is 3.07 bits per heavy atom. The zero-order valence-corrected chi connectivity index (χ0v) is 8.27. The number of rotatable bonds is 2. The Morgan fingerprint density at radius 2 is 2.29 bits per heavy atom. The zero-order chi connectivity index (χ0) is 9.97. The van der Waals surface area contributed by atoms with Crippen molar-refractivity contribution in [3.63, 3.8) is 0 Å². The molecule has 0 fully saturated rings. The summed E-state index contributed by atoms with van der Waals surface area (Å²) in [5.41, 5.74) is 1.80.